The first-order valence-corrected chi connectivity index (χ1v) is 9.10. The van der Waals surface area contributed by atoms with Gasteiger partial charge in [-0.05, 0) is 60.9 Å². The molecule has 0 spiro atoms. The van der Waals surface area contributed by atoms with Crippen molar-refractivity contribution in [2.24, 2.45) is 11.8 Å². The predicted octanol–water partition coefficient (Wildman–Crippen LogP) is 3.67. The van der Waals surface area contributed by atoms with E-state index in [9.17, 15) is 4.79 Å². The molecule has 3 nitrogen and oxygen atoms in total. The maximum absolute atomic E-state index is 12.6. The number of halogens is 1. The number of nitrogens with one attached hydrogen (secondary N) is 1. The molecule has 24 heavy (non-hydrogen) atoms. The van der Waals surface area contributed by atoms with Crippen LogP contribution >= 0.6 is 12.4 Å². The van der Waals surface area contributed by atoms with E-state index in [1.807, 2.05) is 0 Å². The Morgan fingerprint density at radius 1 is 1.33 bits per heavy atom. The van der Waals surface area contributed by atoms with Crippen molar-refractivity contribution in [2.45, 2.75) is 56.9 Å². The molecule has 2 fully saturated rings. The first kappa shape index (κ1) is 17.8. The van der Waals surface area contributed by atoms with Gasteiger partial charge in [-0.2, -0.15) is 0 Å². The molecule has 2 aliphatic carbocycles. The van der Waals surface area contributed by atoms with Crippen LogP contribution in [0.25, 0.3) is 0 Å². The van der Waals surface area contributed by atoms with Crippen LogP contribution < -0.4 is 10.1 Å². The van der Waals surface area contributed by atoms with Crippen LogP contribution in [0, 0.1) is 11.8 Å². The lowest BCUT2D eigenvalue weighted by molar-refractivity contribution is -0.128. The molecular weight excluding hydrogens is 322 g/mol. The van der Waals surface area contributed by atoms with Crippen LogP contribution in [0.2, 0.25) is 0 Å². The van der Waals surface area contributed by atoms with E-state index in [2.05, 4.69) is 30.4 Å². The molecule has 4 heteroatoms. The molecule has 1 aliphatic heterocycles. The summed E-state index contributed by atoms with van der Waals surface area (Å²) in [7, 11) is 1.73. The van der Waals surface area contributed by atoms with Gasteiger partial charge in [0.05, 0.1) is 7.11 Å². The number of hydrogen-bond donors (Lipinski definition) is 1. The second-order valence-electron chi connectivity index (χ2n) is 7.69. The standard InChI is InChI=1S/C20H27NO2.ClH/c1-3-4-14-9-15(22)12-20-7-8-21-18(19(14)20)10-13-5-6-16(23-2)11-17(13)20;/h5-6,11,14,18-19,21H,3-4,7-10,12H2,1-2H3;1H/t14-,18+,19-,20+;/m0./s1. The molecule has 4 atom stereocenters. The Labute approximate surface area is 151 Å². The summed E-state index contributed by atoms with van der Waals surface area (Å²) in [6, 6.07) is 7.06. The quantitative estimate of drug-likeness (QED) is 0.904. The molecular formula is C20H28ClNO2. The monoisotopic (exact) mass is 349 g/mol. The van der Waals surface area contributed by atoms with Gasteiger partial charge in [-0.15, -0.1) is 12.4 Å². The first-order chi connectivity index (χ1) is 11.2. The van der Waals surface area contributed by atoms with E-state index in [4.69, 9.17) is 4.74 Å². The number of benzene rings is 1. The highest BCUT2D eigenvalue weighted by atomic mass is 35.5. The van der Waals surface area contributed by atoms with Crippen LogP contribution in [0.3, 0.4) is 0 Å². The fourth-order valence-electron chi connectivity index (χ4n) is 5.81. The van der Waals surface area contributed by atoms with E-state index in [1.165, 1.54) is 24.0 Å². The molecule has 132 valence electrons. The molecule has 1 saturated carbocycles. The second-order valence-corrected chi connectivity index (χ2v) is 7.69. The summed E-state index contributed by atoms with van der Waals surface area (Å²) < 4.78 is 5.49. The maximum atomic E-state index is 12.6. The minimum atomic E-state index is 0. The third-order valence-electron chi connectivity index (χ3n) is 6.51. The highest BCUT2D eigenvalue weighted by molar-refractivity contribution is 5.85. The van der Waals surface area contributed by atoms with Crippen molar-refractivity contribution in [1.82, 2.24) is 5.32 Å². The molecule has 0 amide bonds. The van der Waals surface area contributed by atoms with Crippen LogP contribution in [0.15, 0.2) is 18.2 Å². The Bertz CT molecular complexity index is 632. The minimum absolute atomic E-state index is 0. The number of ether oxygens (including phenoxy) is 1. The lowest BCUT2D eigenvalue weighted by atomic mass is 9.49. The normalized spacial score (nSPS) is 33.9. The van der Waals surface area contributed by atoms with Gasteiger partial charge in [-0.25, -0.2) is 0 Å². The van der Waals surface area contributed by atoms with Gasteiger partial charge in [0.1, 0.15) is 11.5 Å². The van der Waals surface area contributed by atoms with Crippen molar-refractivity contribution < 1.29 is 9.53 Å². The molecule has 1 saturated heterocycles. The highest BCUT2D eigenvalue weighted by Crippen LogP contribution is 2.56. The van der Waals surface area contributed by atoms with E-state index < -0.39 is 0 Å². The van der Waals surface area contributed by atoms with E-state index in [0.29, 0.717) is 23.7 Å². The van der Waals surface area contributed by atoms with Crippen molar-refractivity contribution in [1.29, 1.82) is 0 Å². The zero-order valence-electron chi connectivity index (χ0n) is 14.6. The Hall–Kier alpha value is -1.06. The Balaban J connectivity index is 0.00000169. The topological polar surface area (TPSA) is 38.3 Å². The van der Waals surface area contributed by atoms with Crippen molar-refractivity contribution >= 4 is 18.2 Å². The zero-order chi connectivity index (χ0) is 16.0. The summed E-state index contributed by atoms with van der Waals surface area (Å²) in [6.45, 7) is 3.28. The molecule has 2 bridgehead atoms. The van der Waals surface area contributed by atoms with Crippen LogP contribution in [-0.4, -0.2) is 25.5 Å². The molecule has 1 aromatic carbocycles. The summed E-state index contributed by atoms with van der Waals surface area (Å²) in [5.41, 5.74) is 2.88. The smallest absolute Gasteiger partial charge is 0.134 e. The minimum Gasteiger partial charge on any atom is -0.497 e. The number of fused-ring (bicyclic) bond motifs is 1. The molecule has 0 radical (unpaired) electrons. The Kier molecular flexibility index (Phi) is 4.94. The molecule has 1 heterocycles. The average Bonchev–Trinajstić information content (AvgIpc) is 2.54. The van der Waals surface area contributed by atoms with Gasteiger partial charge < -0.3 is 10.1 Å². The molecule has 0 aromatic heterocycles. The fourth-order valence-corrected chi connectivity index (χ4v) is 5.81. The van der Waals surface area contributed by atoms with Crippen molar-refractivity contribution in [2.75, 3.05) is 13.7 Å². The number of Topliss-reactive ketones (excluding diaryl/α,β-unsaturated/α-hetero) is 1. The molecule has 0 unspecified atom stereocenters. The van der Waals surface area contributed by atoms with Crippen LogP contribution in [-0.2, 0) is 16.6 Å². The van der Waals surface area contributed by atoms with Crippen LogP contribution in [0.4, 0.5) is 0 Å². The van der Waals surface area contributed by atoms with E-state index in [0.717, 1.165) is 38.0 Å². The second kappa shape index (κ2) is 6.68. The third-order valence-corrected chi connectivity index (χ3v) is 6.51. The summed E-state index contributed by atoms with van der Waals surface area (Å²) in [5, 5.41) is 3.77. The maximum Gasteiger partial charge on any atom is 0.134 e. The summed E-state index contributed by atoms with van der Waals surface area (Å²) >= 11 is 0. The number of methoxy groups -OCH3 is 1. The van der Waals surface area contributed by atoms with Gasteiger partial charge in [0.15, 0.2) is 0 Å². The molecule has 3 aliphatic rings. The zero-order valence-corrected chi connectivity index (χ0v) is 15.5. The van der Waals surface area contributed by atoms with Gasteiger partial charge >= 0.3 is 0 Å². The number of ketones is 1. The van der Waals surface area contributed by atoms with Gasteiger partial charge in [0, 0.05) is 24.3 Å². The summed E-state index contributed by atoms with van der Waals surface area (Å²) in [4.78, 5) is 12.6. The molecule has 1 aromatic rings. The van der Waals surface area contributed by atoms with Gasteiger partial charge in [0.25, 0.3) is 0 Å². The lowest BCUT2D eigenvalue weighted by Gasteiger charge is -2.58. The summed E-state index contributed by atoms with van der Waals surface area (Å²) in [5.74, 6) is 2.54. The third kappa shape index (κ3) is 2.57. The van der Waals surface area contributed by atoms with Crippen LogP contribution in [0.5, 0.6) is 5.75 Å². The van der Waals surface area contributed by atoms with E-state index in [1.54, 1.807) is 7.11 Å². The highest BCUT2D eigenvalue weighted by Gasteiger charge is 2.56. The van der Waals surface area contributed by atoms with Crippen molar-refractivity contribution in [3.05, 3.63) is 29.3 Å². The number of carbonyl (C=O) groups is 1. The van der Waals surface area contributed by atoms with Gasteiger partial charge in [0.2, 0.25) is 0 Å². The van der Waals surface area contributed by atoms with E-state index >= 15 is 0 Å². The van der Waals surface area contributed by atoms with Gasteiger partial charge in [-0.1, -0.05) is 19.4 Å². The van der Waals surface area contributed by atoms with Crippen LogP contribution in [0.1, 0.15) is 50.2 Å². The Morgan fingerprint density at radius 2 is 2.17 bits per heavy atom. The van der Waals surface area contributed by atoms with Crippen molar-refractivity contribution in [3.8, 4) is 5.75 Å². The van der Waals surface area contributed by atoms with Gasteiger partial charge in [-0.3, -0.25) is 4.79 Å². The predicted molar refractivity (Wildman–Crippen MR) is 98.2 cm³/mol. The number of rotatable bonds is 3. The first-order valence-electron chi connectivity index (χ1n) is 9.10. The average molecular weight is 350 g/mol. The number of carbonyl (C=O) groups excluding carboxylic acids is 1. The fraction of sp³-hybridized carbons (Fsp3) is 0.650. The Morgan fingerprint density at radius 3 is 2.92 bits per heavy atom. The largest absolute Gasteiger partial charge is 0.497 e. The number of hydrogen-bond acceptors (Lipinski definition) is 3. The molecule has 1 N–H and O–H groups in total. The van der Waals surface area contributed by atoms with Crippen molar-refractivity contribution in [3.63, 3.8) is 0 Å². The summed E-state index contributed by atoms with van der Waals surface area (Å²) in [6.07, 6.45) is 6.05. The van der Waals surface area contributed by atoms with E-state index in [-0.39, 0.29) is 17.8 Å². The SMILES string of the molecule is CCC[C@H]1CC(=O)C[C@]23CCN[C@H](Cc4ccc(OC)cc42)[C@H]13.Cl. The molecule has 4 rings (SSSR count). The number of piperidine rings is 1. The lowest BCUT2D eigenvalue weighted by Crippen LogP contribution is -2.63.